The summed E-state index contributed by atoms with van der Waals surface area (Å²) in [5.41, 5.74) is 8.06. The summed E-state index contributed by atoms with van der Waals surface area (Å²) in [7, 11) is 1.67. The van der Waals surface area contributed by atoms with Crippen LogP contribution in [0.3, 0.4) is 0 Å². The van der Waals surface area contributed by atoms with Crippen molar-refractivity contribution in [1.29, 1.82) is 0 Å². The van der Waals surface area contributed by atoms with E-state index < -0.39 is 0 Å². The number of likely N-dealkylation sites (tertiary alicyclic amines) is 1. The lowest BCUT2D eigenvalue weighted by atomic mass is 10.0. The molecule has 0 spiro atoms. The van der Waals surface area contributed by atoms with Crippen LogP contribution in [0.5, 0.6) is 5.75 Å². The van der Waals surface area contributed by atoms with Gasteiger partial charge in [-0.3, -0.25) is 9.69 Å². The maximum absolute atomic E-state index is 11.1. The van der Waals surface area contributed by atoms with Crippen LogP contribution in [-0.4, -0.2) is 37.0 Å². The lowest BCUT2D eigenvalue weighted by Gasteiger charge is -2.32. The van der Waals surface area contributed by atoms with Gasteiger partial charge >= 0.3 is 0 Å². The van der Waals surface area contributed by atoms with Crippen molar-refractivity contribution >= 4 is 5.91 Å². The van der Waals surface area contributed by atoms with Crippen LogP contribution in [0.4, 0.5) is 0 Å². The van der Waals surface area contributed by atoms with Gasteiger partial charge in [0.15, 0.2) is 0 Å². The molecule has 1 heterocycles. The third kappa shape index (κ3) is 4.44. The molecule has 116 valence electrons. The number of nitrogens with zero attached hydrogens (tertiary/aromatic N) is 1. The van der Waals surface area contributed by atoms with Crippen molar-refractivity contribution in [1.82, 2.24) is 10.2 Å². The number of nitrogens with two attached hydrogens (primary N) is 1. The molecule has 1 aromatic carbocycles. The zero-order valence-corrected chi connectivity index (χ0v) is 12.9. The molecule has 0 aliphatic carbocycles. The number of nitrogens with one attached hydrogen (secondary N) is 1. The first-order chi connectivity index (χ1) is 10.1. The number of methoxy groups -OCH3 is 1. The van der Waals surface area contributed by atoms with E-state index in [9.17, 15) is 4.79 Å². The third-order valence-electron chi connectivity index (χ3n) is 3.97. The monoisotopic (exact) mass is 291 g/mol. The van der Waals surface area contributed by atoms with Crippen LogP contribution in [0.25, 0.3) is 0 Å². The fourth-order valence-electron chi connectivity index (χ4n) is 2.87. The van der Waals surface area contributed by atoms with Gasteiger partial charge in [-0.2, -0.15) is 0 Å². The lowest BCUT2D eigenvalue weighted by molar-refractivity contribution is -0.119. The summed E-state index contributed by atoms with van der Waals surface area (Å²) in [6.07, 6.45) is 2.03. The van der Waals surface area contributed by atoms with E-state index >= 15 is 0 Å². The van der Waals surface area contributed by atoms with Crippen LogP contribution in [0.1, 0.15) is 30.9 Å². The predicted octanol–water partition coefficient (Wildman–Crippen LogP) is 1.25. The summed E-state index contributed by atoms with van der Waals surface area (Å²) < 4.78 is 5.30. The van der Waals surface area contributed by atoms with Crippen molar-refractivity contribution in [3.8, 4) is 5.75 Å². The van der Waals surface area contributed by atoms with E-state index in [1.165, 1.54) is 5.56 Å². The van der Waals surface area contributed by atoms with E-state index in [1.54, 1.807) is 14.0 Å². The SMILES string of the molecule is COc1ccc(CN2CCC(NC(C)=O)CC2)cc1CN. The largest absolute Gasteiger partial charge is 0.496 e. The van der Waals surface area contributed by atoms with Gasteiger partial charge in [-0.25, -0.2) is 0 Å². The average Bonchev–Trinajstić information content (AvgIpc) is 2.48. The number of amides is 1. The molecule has 1 fully saturated rings. The van der Waals surface area contributed by atoms with Crippen molar-refractivity contribution in [3.05, 3.63) is 29.3 Å². The Bertz CT molecular complexity index is 482. The number of carbonyl (C=O) groups excluding carboxylic acids is 1. The van der Waals surface area contributed by atoms with Crippen LogP contribution in [0.2, 0.25) is 0 Å². The first kappa shape index (κ1) is 15.8. The Morgan fingerprint density at radius 2 is 2.14 bits per heavy atom. The summed E-state index contributed by atoms with van der Waals surface area (Å²) in [6, 6.07) is 6.53. The number of piperidine rings is 1. The first-order valence-corrected chi connectivity index (χ1v) is 7.47. The minimum absolute atomic E-state index is 0.0659. The highest BCUT2D eigenvalue weighted by atomic mass is 16.5. The topological polar surface area (TPSA) is 67.6 Å². The highest BCUT2D eigenvalue weighted by Crippen LogP contribution is 2.21. The standard InChI is InChI=1S/C16H25N3O2/c1-12(20)18-15-5-7-19(8-6-15)11-13-3-4-16(21-2)14(9-13)10-17/h3-4,9,15H,5-8,10-11,17H2,1-2H3,(H,18,20). The first-order valence-electron chi connectivity index (χ1n) is 7.47. The molecule has 0 saturated carbocycles. The predicted molar refractivity (Wildman–Crippen MR) is 83.0 cm³/mol. The Labute approximate surface area is 126 Å². The number of hydrogen-bond donors (Lipinski definition) is 2. The molecule has 1 aliphatic heterocycles. The fourth-order valence-corrected chi connectivity index (χ4v) is 2.87. The van der Waals surface area contributed by atoms with Crippen LogP contribution < -0.4 is 15.8 Å². The Balaban J connectivity index is 1.90. The van der Waals surface area contributed by atoms with Gasteiger partial charge in [0, 0.05) is 44.7 Å². The number of hydrogen-bond acceptors (Lipinski definition) is 4. The van der Waals surface area contributed by atoms with E-state index in [-0.39, 0.29) is 5.91 Å². The van der Waals surface area contributed by atoms with E-state index in [1.807, 2.05) is 6.07 Å². The molecule has 1 aromatic rings. The summed E-state index contributed by atoms with van der Waals surface area (Å²) in [6.45, 7) is 5.01. The molecule has 0 bridgehead atoms. The number of benzene rings is 1. The smallest absolute Gasteiger partial charge is 0.217 e. The molecule has 21 heavy (non-hydrogen) atoms. The average molecular weight is 291 g/mol. The summed E-state index contributed by atoms with van der Waals surface area (Å²) in [5.74, 6) is 0.918. The van der Waals surface area contributed by atoms with Gasteiger partial charge in [-0.1, -0.05) is 6.07 Å². The molecule has 0 unspecified atom stereocenters. The van der Waals surface area contributed by atoms with Gasteiger partial charge in [0.2, 0.25) is 5.91 Å². The summed E-state index contributed by atoms with van der Waals surface area (Å²) in [5, 5.41) is 3.00. The van der Waals surface area contributed by atoms with E-state index in [0.717, 1.165) is 43.8 Å². The van der Waals surface area contributed by atoms with Crippen molar-refractivity contribution in [2.75, 3.05) is 20.2 Å². The molecule has 3 N–H and O–H groups in total. The lowest BCUT2D eigenvalue weighted by Crippen LogP contribution is -2.43. The second-order valence-electron chi connectivity index (χ2n) is 5.60. The summed E-state index contributed by atoms with van der Waals surface area (Å²) >= 11 is 0. The summed E-state index contributed by atoms with van der Waals surface area (Å²) in [4.78, 5) is 13.5. The number of rotatable bonds is 5. The van der Waals surface area contributed by atoms with Gasteiger partial charge in [0.05, 0.1) is 7.11 Å². The zero-order valence-electron chi connectivity index (χ0n) is 12.9. The van der Waals surface area contributed by atoms with Gasteiger partial charge < -0.3 is 15.8 Å². The van der Waals surface area contributed by atoms with Crippen LogP contribution >= 0.6 is 0 Å². The van der Waals surface area contributed by atoms with Crippen molar-refractivity contribution < 1.29 is 9.53 Å². The molecule has 5 heteroatoms. The van der Waals surface area contributed by atoms with Gasteiger partial charge in [0.25, 0.3) is 0 Å². The Kier molecular flexibility index (Phi) is 5.59. The zero-order chi connectivity index (χ0) is 15.2. The number of ether oxygens (including phenoxy) is 1. The normalized spacial score (nSPS) is 16.7. The molecule has 0 radical (unpaired) electrons. The molecule has 0 aromatic heterocycles. The molecule has 1 saturated heterocycles. The van der Waals surface area contributed by atoms with Crippen LogP contribution in [0.15, 0.2) is 18.2 Å². The van der Waals surface area contributed by atoms with Gasteiger partial charge in [-0.05, 0) is 30.5 Å². The molecule has 1 amide bonds. The Morgan fingerprint density at radius 3 is 2.71 bits per heavy atom. The number of carbonyl (C=O) groups is 1. The molecule has 5 nitrogen and oxygen atoms in total. The van der Waals surface area contributed by atoms with E-state index in [0.29, 0.717) is 12.6 Å². The molecule has 1 aliphatic rings. The van der Waals surface area contributed by atoms with Crippen LogP contribution in [0, 0.1) is 0 Å². The Hall–Kier alpha value is -1.59. The van der Waals surface area contributed by atoms with Crippen molar-refractivity contribution in [2.24, 2.45) is 5.73 Å². The minimum Gasteiger partial charge on any atom is -0.496 e. The maximum atomic E-state index is 11.1. The Morgan fingerprint density at radius 1 is 1.43 bits per heavy atom. The van der Waals surface area contributed by atoms with Crippen molar-refractivity contribution in [2.45, 2.75) is 38.9 Å². The highest BCUT2D eigenvalue weighted by Gasteiger charge is 2.19. The molecule has 0 atom stereocenters. The second kappa shape index (κ2) is 7.43. The van der Waals surface area contributed by atoms with Crippen LogP contribution in [-0.2, 0) is 17.9 Å². The molecular formula is C16H25N3O2. The minimum atomic E-state index is 0.0659. The second-order valence-corrected chi connectivity index (χ2v) is 5.60. The van der Waals surface area contributed by atoms with Gasteiger partial charge in [0.1, 0.15) is 5.75 Å². The molecule has 2 rings (SSSR count). The highest BCUT2D eigenvalue weighted by molar-refractivity contribution is 5.73. The fraction of sp³-hybridized carbons (Fsp3) is 0.562. The third-order valence-corrected chi connectivity index (χ3v) is 3.97. The van der Waals surface area contributed by atoms with Gasteiger partial charge in [-0.15, -0.1) is 0 Å². The van der Waals surface area contributed by atoms with E-state index in [4.69, 9.17) is 10.5 Å². The maximum Gasteiger partial charge on any atom is 0.217 e. The quantitative estimate of drug-likeness (QED) is 0.857. The van der Waals surface area contributed by atoms with Crippen molar-refractivity contribution in [3.63, 3.8) is 0 Å². The van der Waals surface area contributed by atoms with E-state index in [2.05, 4.69) is 22.3 Å². The molecular weight excluding hydrogens is 266 g/mol.